The molecule has 2 aliphatic rings. The number of anilines is 1. The van der Waals surface area contributed by atoms with Gasteiger partial charge in [-0.2, -0.15) is 13.2 Å². The topological polar surface area (TPSA) is 37.8 Å². The average molecular weight is 462 g/mol. The summed E-state index contributed by atoms with van der Waals surface area (Å²) in [6, 6.07) is 4.76. The van der Waals surface area contributed by atoms with E-state index < -0.39 is 11.7 Å². The molecule has 30 heavy (non-hydrogen) atoms. The third-order valence-electron chi connectivity index (χ3n) is 5.09. The molecule has 0 N–H and O–H groups in total. The summed E-state index contributed by atoms with van der Waals surface area (Å²) in [5.41, 5.74) is 0.171. The molecule has 0 radical (unpaired) electrons. The Morgan fingerprint density at radius 1 is 0.967 bits per heavy atom. The highest BCUT2D eigenvalue weighted by Crippen LogP contribution is 2.38. The summed E-state index contributed by atoms with van der Waals surface area (Å²) in [5.74, 6) is 1.63. The Bertz CT molecular complexity index is 919. The van der Waals surface area contributed by atoms with E-state index in [4.69, 9.17) is 32.7 Å². The molecule has 5 nitrogen and oxygen atoms in total. The molecule has 0 unspecified atom stereocenters. The van der Waals surface area contributed by atoms with E-state index in [1.165, 1.54) is 0 Å². The molecule has 1 saturated heterocycles. The lowest BCUT2D eigenvalue weighted by Gasteiger charge is -2.36. The second kappa shape index (κ2) is 8.69. The van der Waals surface area contributed by atoms with Crippen molar-refractivity contribution in [3.8, 4) is 11.5 Å². The van der Waals surface area contributed by atoms with E-state index in [2.05, 4.69) is 9.88 Å². The van der Waals surface area contributed by atoms with E-state index in [1.54, 1.807) is 0 Å². The highest BCUT2D eigenvalue weighted by molar-refractivity contribution is 6.33. The van der Waals surface area contributed by atoms with Gasteiger partial charge in [0.15, 0.2) is 11.5 Å². The zero-order valence-corrected chi connectivity index (χ0v) is 17.5. The maximum Gasteiger partial charge on any atom is 0.417 e. The normalized spacial score (nSPS) is 17.7. The Kier molecular flexibility index (Phi) is 6.18. The second-order valence-electron chi connectivity index (χ2n) is 7.25. The molecule has 0 atom stereocenters. The van der Waals surface area contributed by atoms with E-state index in [-0.39, 0.29) is 5.02 Å². The first-order valence-corrected chi connectivity index (χ1v) is 10.3. The van der Waals surface area contributed by atoms with Crippen molar-refractivity contribution in [3.63, 3.8) is 0 Å². The highest BCUT2D eigenvalue weighted by atomic mass is 35.5. The third kappa shape index (κ3) is 4.71. The summed E-state index contributed by atoms with van der Waals surface area (Å²) in [4.78, 5) is 8.10. The minimum atomic E-state index is -4.46. The largest absolute Gasteiger partial charge is 0.489 e. The summed E-state index contributed by atoms with van der Waals surface area (Å²) in [6.07, 6.45) is -2.83. The van der Waals surface area contributed by atoms with Crippen LogP contribution in [0.15, 0.2) is 24.4 Å². The number of pyridine rings is 1. The first-order valence-electron chi connectivity index (χ1n) is 9.59. The van der Waals surface area contributed by atoms with Crippen LogP contribution in [0.5, 0.6) is 11.5 Å². The van der Waals surface area contributed by atoms with Crippen molar-refractivity contribution in [1.29, 1.82) is 0 Å². The monoisotopic (exact) mass is 461 g/mol. The number of hydrogen-bond acceptors (Lipinski definition) is 5. The molecule has 0 bridgehead atoms. The quantitative estimate of drug-likeness (QED) is 0.650. The molecule has 0 aliphatic carbocycles. The van der Waals surface area contributed by atoms with Crippen molar-refractivity contribution in [2.75, 3.05) is 44.3 Å². The van der Waals surface area contributed by atoms with Gasteiger partial charge in [0.1, 0.15) is 5.82 Å². The van der Waals surface area contributed by atoms with Crippen LogP contribution >= 0.6 is 23.2 Å². The molecule has 0 amide bonds. The van der Waals surface area contributed by atoms with Crippen molar-refractivity contribution in [1.82, 2.24) is 9.88 Å². The Balaban J connectivity index is 1.40. The molecule has 0 saturated carbocycles. The lowest BCUT2D eigenvalue weighted by Crippen LogP contribution is -2.46. The van der Waals surface area contributed by atoms with Gasteiger partial charge in [-0.05, 0) is 23.8 Å². The molecule has 1 fully saturated rings. The van der Waals surface area contributed by atoms with Crippen LogP contribution in [0.4, 0.5) is 19.0 Å². The number of hydrogen-bond donors (Lipinski definition) is 0. The van der Waals surface area contributed by atoms with Crippen LogP contribution in [-0.4, -0.2) is 49.3 Å². The molecule has 2 aromatic rings. The fourth-order valence-electron chi connectivity index (χ4n) is 3.57. The maximum atomic E-state index is 12.8. The standard InChI is InChI=1S/C20H20Cl2F3N3O2/c21-15-8-13(9-17-18(15)30-7-1-6-29-17)12-27-2-4-28(5-3-27)19-16(22)10-14(11-26-19)20(23,24)25/h8-11H,1-7,12H2. The van der Waals surface area contributed by atoms with Crippen LogP contribution in [0, 0.1) is 0 Å². The fourth-order valence-corrected chi connectivity index (χ4v) is 4.14. The zero-order chi connectivity index (χ0) is 21.3. The zero-order valence-electron chi connectivity index (χ0n) is 16.0. The maximum absolute atomic E-state index is 12.8. The van der Waals surface area contributed by atoms with Gasteiger partial charge in [-0.15, -0.1) is 0 Å². The van der Waals surface area contributed by atoms with E-state index >= 15 is 0 Å². The summed E-state index contributed by atoms with van der Waals surface area (Å²) in [5, 5.41) is 0.539. The van der Waals surface area contributed by atoms with Gasteiger partial charge in [0.05, 0.1) is 28.8 Å². The van der Waals surface area contributed by atoms with Crippen LogP contribution in [0.1, 0.15) is 17.5 Å². The summed E-state index contributed by atoms with van der Waals surface area (Å²) >= 11 is 12.4. The van der Waals surface area contributed by atoms with Crippen molar-refractivity contribution < 1.29 is 22.6 Å². The van der Waals surface area contributed by atoms with E-state index in [0.717, 1.165) is 24.2 Å². The number of nitrogens with zero attached hydrogens (tertiary/aromatic N) is 3. The highest BCUT2D eigenvalue weighted by Gasteiger charge is 2.32. The first-order chi connectivity index (χ1) is 14.3. The molecule has 0 spiro atoms. The first kappa shape index (κ1) is 21.3. The minimum Gasteiger partial charge on any atom is -0.489 e. The Labute approximate surface area is 182 Å². The van der Waals surface area contributed by atoms with E-state index in [0.29, 0.717) is 68.3 Å². The van der Waals surface area contributed by atoms with Crippen LogP contribution < -0.4 is 14.4 Å². The lowest BCUT2D eigenvalue weighted by atomic mass is 10.1. The van der Waals surface area contributed by atoms with Crippen molar-refractivity contribution in [2.45, 2.75) is 19.1 Å². The Morgan fingerprint density at radius 2 is 1.70 bits per heavy atom. The van der Waals surface area contributed by atoms with Gasteiger partial charge in [-0.3, -0.25) is 4.90 Å². The van der Waals surface area contributed by atoms with E-state index in [1.807, 2.05) is 17.0 Å². The molecule has 1 aromatic heterocycles. The van der Waals surface area contributed by atoms with Gasteiger partial charge >= 0.3 is 6.18 Å². The molecule has 3 heterocycles. The number of aromatic nitrogens is 1. The predicted molar refractivity (Wildman–Crippen MR) is 109 cm³/mol. The number of rotatable bonds is 3. The third-order valence-corrected chi connectivity index (χ3v) is 5.65. The summed E-state index contributed by atoms with van der Waals surface area (Å²) in [7, 11) is 0. The van der Waals surface area contributed by atoms with Gasteiger partial charge in [0.25, 0.3) is 0 Å². The van der Waals surface area contributed by atoms with Crippen molar-refractivity contribution in [2.24, 2.45) is 0 Å². The number of ether oxygens (including phenoxy) is 2. The minimum absolute atomic E-state index is 0.00737. The average Bonchev–Trinajstić information content (AvgIpc) is 2.94. The van der Waals surface area contributed by atoms with Crippen molar-refractivity contribution >= 4 is 29.0 Å². The van der Waals surface area contributed by atoms with Crippen LogP contribution in [0.25, 0.3) is 0 Å². The molecular formula is C20H20Cl2F3N3O2. The number of piperazine rings is 1. The molecule has 4 rings (SSSR count). The molecule has 2 aliphatic heterocycles. The fraction of sp³-hybridized carbons (Fsp3) is 0.450. The number of halogens is 5. The van der Waals surface area contributed by atoms with Crippen LogP contribution in [0.2, 0.25) is 10.0 Å². The van der Waals surface area contributed by atoms with Crippen molar-refractivity contribution in [3.05, 3.63) is 45.6 Å². The lowest BCUT2D eigenvalue weighted by molar-refractivity contribution is -0.137. The van der Waals surface area contributed by atoms with Crippen LogP contribution in [-0.2, 0) is 12.7 Å². The smallest absolute Gasteiger partial charge is 0.417 e. The second-order valence-corrected chi connectivity index (χ2v) is 8.06. The van der Waals surface area contributed by atoms with E-state index in [9.17, 15) is 13.2 Å². The van der Waals surface area contributed by atoms with Gasteiger partial charge < -0.3 is 14.4 Å². The number of benzene rings is 1. The van der Waals surface area contributed by atoms with Crippen LogP contribution in [0.3, 0.4) is 0 Å². The number of alkyl halides is 3. The Morgan fingerprint density at radius 3 is 2.40 bits per heavy atom. The summed E-state index contributed by atoms with van der Waals surface area (Å²) < 4.78 is 49.8. The van der Waals surface area contributed by atoms with Gasteiger partial charge in [0.2, 0.25) is 0 Å². The molecule has 10 heteroatoms. The number of fused-ring (bicyclic) bond motifs is 1. The Hall–Kier alpha value is -1.90. The predicted octanol–water partition coefficient (Wildman–Crippen LogP) is 4.89. The van der Waals surface area contributed by atoms with Gasteiger partial charge in [-0.1, -0.05) is 23.2 Å². The SMILES string of the molecule is FC(F)(F)c1cnc(N2CCN(Cc3cc(Cl)c4c(c3)OCCCO4)CC2)c(Cl)c1. The van der Waals surface area contributed by atoms with Gasteiger partial charge in [0, 0.05) is 45.3 Å². The molecular weight excluding hydrogens is 442 g/mol. The molecule has 1 aromatic carbocycles. The molecule has 162 valence electrons. The van der Waals surface area contributed by atoms with Gasteiger partial charge in [-0.25, -0.2) is 4.98 Å². The summed E-state index contributed by atoms with van der Waals surface area (Å²) in [6.45, 7) is 4.49.